The minimum absolute atomic E-state index is 0.386. The molecule has 2 aromatic rings. The van der Waals surface area contributed by atoms with E-state index in [1.165, 1.54) is 0 Å². The van der Waals surface area contributed by atoms with E-state index in [4.69, 9.17) is 12.2 Å². The Morgan fingerprint density at radius 1 is 0.952 bits per heavy atom. The zero-order valence-electron chi connectivity index (χ0n) is 11.1. The van der Waals surface area contributed by atoms with Gasteiger partial charge in [0, 0.05) is 22.4 Å². The van der Waals surface area contributed by atoms with Gasteiger partial charge in [-0.25, -0.2) is 0 Å². The summed E-state index contributed by atoms with van der Waals surface area (Å²) in [6.07, 6.45) is 2.78. The van der Waals surface area contributed by atoms with Crippen LogP contribution in [0.25, 0.3) is 11.6 Å². The van der Waals surface area contributed by atoms with Crippen LogP contribution >= 0.6 is 12.2 Å². The van der Waals surface area contributed by atoms with Gasteiger partial charge in [0.1, 0.15) is 12.1 Å². The minimum Gasteiger partial charge on any atom is -0.192 e. The van der Waals surface area contributed by atoms with E-state index in [9.17, 15) is 10.5 Å². The van der Waals surface area contributed by atoms with Crippen molar-refractivity contribution in [3.8, 4) is 12.1 Å². The topological polar surface area (TPSA) is 47.6 Å². The van der Waals surface area contributed by atoms with E-state index in [2.05, 4.69) is 18.2 Å². The molecule has 2 nitrogen and oxygen atoms in total. The number of thiocarbonyl (C=S) groups is 1. The molecule has 0 radical (unpaired) electrons. The van der Waals surface area contributed by atoms with E-state index in [1.807, 2.05) is 30.3 Å². The summed E-state index contributed by atoms with van der Waals surface area (Å²) in [5, 5.41) is 20.8. The van der Waals surface area contributed by atoms with Gasteiger partial charge in [0.25, 0.3) is 0 Å². The lowest BCUT2D eigenvalue weighted by molar-refractivity contribution is 1.38. The number of nitriles is 2. The fourth-order valence-electron chi connectivity index (χ4n) is 2.63. The van der Waals surface area contributed by atoms with Gasteiger partial charge in [0.2, 0.25) is 0 Å². The molecule has 0 aromatic heterocycles. The van der Waals surface area contributed by atoms with Crippen molar-refractivity contribution in [1.29, 1.82) is 10.5 Å². The van der Waals surface area contributed by atoms with Gasteiger partial charge in [0.15, 0.2) is 0 Å². The molecule has 3 heteroatoms. The first-order chi connectivity index (χ1) is 10.3. The van der Waals surface area contributed by atoms with Crippen LogP contribution < -0.4 is 10.4 Å². The van der Waals surface area contributed by atoms with Gasteiger partial charge in [0.05, 0.1) is 11.1 Å². The van der Waals surface area contributed by atoms with Crippen LogP contribution in [0.4, 0.5) is 0 Å². The molecule has 3 rings (SSSR count). The number of hydrogen-bond acceptors (Lipinski definition) is 3. The molecule has 0 bridgehead atoms. The smallest absolute Gasteiger partial charge is 0.101 e. The summed E-state index contributed by atoms with van der Waals surface area (Å²) in [5.74, 6) is 0. The van der Waals surface area contributed by atoms with Crippen LogP contribution in [0.5, 0.6) is 0 Å². The van der Waals surface area contributed by atoms with E-state index in [1.54, 1.807) is 12.1 Å². The SMILES string of the molecule is N#Cc1cccc(C2=c3ccccc3=CCC2=S)c1C#N. The standard InChI is InChI=1S/C18H10N2S/c19-10-13-5-3-7-15(16(13)11-20)18-14-6-2-1-4-12(14)8-9-17(18)21/h1-8H,9H2. The lowest BCUT2D eigenvalue weighted by Crippen LogP contribution is -2.32. The molecule has 0 fully saturated rings. The molecule has 0 spiro atoms. The van der Waals surface area contributed by atoms with E-state index < -0.39 is 0 Å². The number of benzene rings is 2. The maximum Gasteiger partial charge on any atom is 0.101 e. The van der Waals surface area contributed by atoms with Gasteiger partial charge in [-0.1, -0.05) is 54.7 Å². The van der Waals surface area contributed by atoms with Gasteiger partial charge in [-0.05, 0) is 16.5 Å². The summed E-state index contributed by atoms with van der Waals surface area (Å²) in [6.45, 7) is 0. The second-order valence-corrected chi connectivity index (χ2v) is 5.24. The first-order valence-electron chi connectivity index (χ1n) is 6.52. The lowest BCUT2D eigenvalue weighted by atomic mass is 9.89. The molecule has 0 saturated carbocycles. The highest BCUT2D eigenvalue weighted by Gasteiger charge is 2.17. The molecule has 0 N–H and O–H groups in total. The molecule has 0 amide bonds. The van der Waals surface area contributed by atoms with Crippen molar-refractivity contribution < 1.29 is 0 Å². The number of rotatable bonds is 1. The van der Waals surface area contributed by atoms with E-state index in [-0.39, 0.29) is 0 Å². The van der Waals surface area contributed by atoms with Gasteiger partial charge in [-0.15, -0.1) is 0 Å². The minimum atomic E-state index is 0.386. The molecule has 0 atom stereocenters. The average molecular weight is 286 g/mol. The van der Waals surface area contributed by atoms with Crippen molar-refractivity contribution in [2.24, 2.45) is 0 Å². The quantitative estimate of drug-likeness (QED) is 0.755. The van der Waals surface area contributed by atoms with Crippen LogP contribution in [0, 0.1) is 22.7 Å². The molecule has 2 aromatic carbocycles. The molecular weight excluding hydrogens is 276 g/mol. The third-order valence-corrected chi connectivity index (χ3v) is 3.95. The lowest BCUT2D eigenvalue weighted by Gasteiger charge is -2.14. The largest absolute Gasteiger partial charge is 0.192 e. The third-order valence-electron chi connectivity index (χ3n) is 3.58. The Bertz CT molecular complexity index is 956. The Kier molecular flexibility index (Phi) is 3.36. The van der Waals surface area contributed by atoms with Crippen molar-refractivity contribution >= 4 is 28.7 Å². The first kappa shape index (κ1) is 13.2. The fourth-order valence-corrected chi connectivity index (χ4v) is 2.93. The normalized spacial score (nSPS) is 12.9. The van der Waals surface area contributed by atoms with Gasteiger partial charge in [-0.2, -0.15) is 10.5 Å². The summed E-state index contributed by atoms with van der Waals surface area (Å²) in [5.41, 5.74) is 2.44. The molecule has 0 saturated heterocycles. The van der Waals surface area contributed by atoms with Gasteiger partial charge in [-0.3, -0.25) is 0 Å². The molecule has 98 valence electrons. The number of fused-ring (bicyclic) bond motifs is 1. The summed E-state index contributed by atoms with van der Waals surface area (Å²) in [6, 6.07) is 17.5. The Balaban J connectivity index is 2.47. The van der Waals surface area contributed by atoms with Crippen molar-refractivity contribution in [2.75, 3.05) is 0 Å². The van der Waals surface area contributed by atoms with Crippen LogP contribution in [0.1, 0.15) is 23.1 Å². The second kappa shape index (κ2) is 5.32. The highest BCUT2D eigenvalue weighted by Crippen LogP contribution is 2.23. The van der Waals surface area contributed by atoms with Crippen LogP contribution in [-0.4, -0.2) is 4.86 Å². The molecule has 21 heavy (non-hydrogen) atoms. The Labute approximate surface area is 127 Å². The summed E-state index contributed by atoms with van der Waals surface area (Å²) < 4.78 is 0. The van der Waals surface area contributed by atoms with E-state index in [0.717, 1.165) is 26.4 Å². The van der Waals surface area contributed by atoms with Crippen LogP contribution in [0.2, 0.25) is 0 Å². The summed E-state index contributed by atoms with van der Waals surface area (Å²) in [7, 11) is 0. The number of hydrogen-bond donors (Lipinski definition) is 0. The zero-order chi connectivity index (χ0) is 14.8. The van der Waals surface area contributed by atoms with Crippen molar-refractivity contribution in [3.63, 3.8) is 0 Å². The molecule has 0 heterocycles. The Hall–Kier alpha value is -2.75. The fraction of sp³-hybridized carbons (Fsp3) is 0.0556. The van der Waals surface area contributed by atoms with Crippen molar-refractivity contribution in [3.05, 3.63) is 69.6 Å². The molecular formula is C18H10N2S. The zero-order valence-corrected chi connectivity index (χ0v) is 11.9. The van der Waals surface area contributed by atoms with Gasteiger partial charge >= 0.3 is 0 Å². The van der Waals surface area contributed by atoms with E-state index in [0.29, 0.717) is 17.5 Å². The molecule has 0 aliphatic heterocycles. The average Bonchev–Trinajstić information content (AvgIpc) is 2.54. The number of nitrogens with zero attached hydrogens (tertiary/aromatic N) is 2. The first-order valence-corrected chi connectivity index (χ1v) is 6.93. The maximum absolute atomic E-state index is 9.43. The highest BCUT2D eigenvalue weighted by atomic mass is 32.1. The summed E-state index contributed by atoms with van der Waals surface area (Å²) in [4.78, 5) is 0.806. The third kappa shape index (κ3) is 2.14. The highest BCUT2D eigenvalue weighted by molar-refractivity contribution is 7.81. The Morgan fingerprint density at radius 2 is 1.76 bits per heavy atom. The monoisotopic (exact) mass is 286 g/mol. The van der Waals surface area contributed by atoms with Crippen LogP contribution in [0.15, 0.2) is 42.5 Å². The van der Waals surface area contributed by atoms with Crippen LogP contribution in [0.3, 0.4) is 0 Å². The Morgan fingerprint density at radius 3 is 2.52 bits per heavy atom. The maximum atomic E-state index is 9.43. The molecule has 1 aliphatic carbocycles. The molecule has 1 aliphatic rings. The predicted molar refractivity (Wildman–Crippen MR) is 85.8 cm³/mol. The molecule has 0 unspecified atom stereocenters. The van der Waals surface area contributed by atoms with E-state index >= 15 is 0 Å². The predicted octanol–water partition coefficient (Wildman–Crippen LogP) is 2.18. The van der Waals surface area contributed by atoms with Crippen molar-refractivity contribution in [1.82, 2.24) is 0 Å². The summed E-state index contributed by atoms with van der Waals surface area (Å²) >= 11 is 5.51. The van der Waals surface area contributed by atoms with Gasteiger partial charge < -0.3 is 0 Å². The van der Waals surface area contributed by atoms with Crippen molar-refractivity contribution in [2.45, 2.75) is 6.42 Å². The second-order valence-electron chi connectivity index (χ2n) is 4.75. The van der Waals surface area contributed by atoms with Crippen LogP contribution in [-0.2, 0) is 0 Å².